The van der Waals surface area contributed by atoms with Crippen LogP contribution in [0.3, 0.4) is 0 Å². The van der Waals surface area contributed by atoms with Gasteiger partial charge >= 0.3 is 0 Å². The van der Waals surface area contributed by atoms with Crippen LogP contribution < -0.4 is 10.5 Å². The molecule has 1 aromatic carbocycles. The summed E-state index contributed by atoms with van der Waals surface area (Å²) in [4.78, 5) is 4.70. The number of benzene rings is 1. The lowest BCUT2D eigenvalue weighted by Gasteiger charge is -2.29. The molecule has 0 fully saturated rings. The Kier molecular flexibility index (Phi) is 5.41. The van der Waals surface area contributed by atoms with Gasteiger partial charge in [0.05, 0.1) is 12.3 Å². The van der Waals surface area contributed by atoms with Crippen molar-refractivity contribution in [3.05, 3.63) is 33.6 Å². The van der Waals surface area contributed by atoms with Crippen LogP contribution in [0.25, 0.3) is 11.3 Å². The smallest absolute Gasteiger partial charge is 0.132 e. The van der Waals surface area contributed by atoms with E-state index in [0.717, 1.165) is 22.0 Å². The van der Waals surface area contributed by atoms with Gasteiger partial charge in [0.25, 0.3) is 0 Å². The lowest BCUT2D eigenvalue weighted by Crippen LogP contribution is -2.18. The molecule has 132 valence electrons. The second-order valence-corrected chi connectivity index (χ2v) is 9.11. The number of hydrogen-bond donors (Lipinski definition) is 1. The molecule has 2 N–H and O–H groups in total. The highest BCUT2D eigenvalue weighted by Crippen LogP contribution is 2.42. The molecule has 2 rings (SSSR count). The zero-order valence-electron chi connectivity index (χ0n) is 16.0. The van der Waals surface area contributed by atoms with Gasteiger partial charge in [-0.2, -0.15) is 0 Å². The summed E-state index contributed by atoms with van der Waals surface area (Å²) in [7, 11) is 0. The molecule has 0 aliphatic rings. The number of thiazole rings is 1. The highest BCUT2D eigenvalue weighted by Gasteiger charge is 2.27. The van der Waals surface area contributed by atoms with Crippen molar-refractivity contribution in [3.8, 4) is 17.0 Å². The molecule has 4 heteroatoms. The molecule has 0 bridgehead atoms. The maximum Gasteiger partial charge on any atom is 0.132 e. The van der Waals surface area contributed by atoms with Gasteiger partial charge in [0, 0.05) is 23.1 Å². The summed E-state index contributed by atoms with van der Waals surface area (Å²) >= 11 is 1.61. The Balaban J connectivity index is 2.78. The Labute approximate surface area is 150 Å². The number of ether oxygens (including phenoxy) is 1. The summed E-state index contributed by atoms with van der Waals surface area (Å²) in [5, 5.41) is 3.03. The monoisotopic (exact) mass is 346 g/mol. The summed E-state index contributed by atoms with van der Waals surface area (Å²) in [5.41, 5.74) is 10.4. The summed E-state index contributed by atoms with van der Waals surface area (Å²) in [6, 6.07) is 4.53. The summed E-state index contributed by atoms with van der Waals surface area (Å²) in [6.07, 6.45) is 0. The van der Waals surface area contributed by atoms with Crippen LogP contribution in [0.5, 0.6) is 5.75 Å². The molecule has 0 aliphatic carbocycles. The van der Waals surface area contributed by atoms with Crippen LogP contribution in [-0.2, 0) is 17.4 Å². The van der Waals surface area contributed by atoms with Gasteiger partial charge in [-0.05, 0) is 29.4 Å². The van der Waals surface area contributed by atoms with E-state index in [-0.39, 0.29) is 10.8 Å². The maximum absolute atomic E-state index is 6.09. The molecule has 0 amide bonds. The van der Waals surface area contributed by atoms with Gasteiger partial charge < -0.3 is 10.5 Å². The first-order chi connectivity index (χ1) is 11.1. The first kappa shape index (κ1) is 18.9. The fraction of sp³-hybridized carbons (Fsp3) is 0.550. The molecule has 0 spiro atoms. The summed E-state index contributed by atoms with van der Waals surface area (Å²) in [5.74, 6) is 0.951. The highest BCUT2D eigenvalue weighted by molar-refractivity contribution is 7.09. The van der Waals surface area contributed by atoms with Gasteiger partial charge in [0.2, 0.25) is 0 Å². The van der Waals surface area contributed by atoms with Crippen LogP contribution in [0.2, 0.25) is 0 Å². The van der Waals surface area contributed by atoms with Gasteiger partial charge in [0.15, 0.2) is 0 Å². The lowest BCUT2D eigenvalue weighted by atomic mass is 9.78. The van der Waals surface area contributed by atoms with Gasteiger partial charge in [-0.15, -0.1) is 11.3 Å². The topological polar surface area (TPSA) is 48.1 Å². The lowest BCUT2D eigenvalue weighted by molar-refractivity contribution is 0.330. The molecular formula is C20H30N2OS. The van der Waals surface area contributed by atoms with Crippen LogP contribution in [0, 0.1) is 0 Å². The minimum atomic E-state index is -0.00671. The van der Waals surface area contributed by atoms with E-state index in [4.69, 9.17) is 15.5 Å². The molecule has 3 nitrogen and oxygen atoms in total. The van der Waals surface area contributed by atoms with Crippen molar-refractivity contribution in [1.82, 2.24) is 4.98 Å². The Hall–Kier alpha value is -1.39. The van der Waals surface area contributed by atoms with Crippen LogP contribution in [-0.4, -0.2) is 11.6 Å². The minimum Gasteiger partial charge on any atom is -0.493 e. The van der Waals surface area contributed by atoms with E-state index in [1.165, 1.54) is 11.1 Å². The normalized spacial score (nSPS) is 12.5. The molecule has 0 saturated carbocycles. The quantitative estimate of drug-likeness (QED) is 0.821. The van der Waals surface area contributed by atoms with E-state index in [9.17, 15) is 0 Å². The third kappa shape index (κ3) is 3.98. The van der Waals surface area contributed by atoms with Crippen molar-refractivity contribution in [2.75, 3.05) is 6.61 Å². The first-order valence-electron chi connectivity index (χ1n) is 8.54. The van der Waals surface area contributed by atoms with Crippen molar-refractivity contribution in [3.63, 3.8) is 0 Å². The van der Waals surface area contributed by atoms with Crippen molar-refractivity contribution >= 4 is 11.3 Å². The van der Waals surface area contributed by atoms with E-state index in [2.05, 4.69) is 59.1 Å². The number of aromatic nitrogens is 1. The molecule has 2 aromatic rings. The van der Waals surface area contributed by atoms with E-state index in [1.807, 2.05) is 6.92 Å². The molecule has 0 atom stereocenters. The average Bonchev–Trinajstić information content (AvgIpc) is 2.94. The molecule has 0 unspecified atom stereocenters. The van der Waals surface area contributed by atoms with Crippen LogP contribution in [0.4, 0.5) is 0 Å². The molecule has 1 aromatic heterocycles. The molecule has 0 saturated heterocycles. The predicted octanol–water partition coefficient (Wildman–Crippen LogP) is 5.26. The third-order valence-corrected chi connectivity index (χ3v) is 4.93. The Morgan fingerprint density at radius 3 is 2.21 bits per heavy atom. The Morgan fingerprint density at radius 1 is 1.08 bits per heavy atom. The van der Waals surface area contributed by atoms with Crippen LogP contribution in [0.15, 0.2) is 17.5 Å². The third-order valence-electron chi connectivity index (χ3n) is 4.05. The van der Waals surface area contributed by atoms with Crippen LogP contribution in [0.1, 0.15) is 64.6 Å². The number of hydrogen-bond acceptors (Lipinski definition) is 4. The van der Waals surface area contributed by atoms with E-state index in [0.29, 0.717) is 13.2 Å². The molecule has 1 heterocycles. The predicted molar refractivity (Wildman–Crippen MR) is 104 cm³/mol. The molecule has 24 heavy (non-hydrogen) atoms. The van der Waals surface area contributed by atoms with Crippen molar-refractivity contribution in [1.29, 1.82) is 0 Å². The standard InChI is InChI=1S/C20H30N2OS/c1-8-23-18-14(16-12-24-17(11-21)22-16)9-13(19(2,3)4)10-15(18)20(5,6)7/h9-10,12H,8,11,21H2,1-7H3. The highest BCUT2D eigenvalue weighted by atomic mass is 32.1. The van der Waals surface area contributed by atoms with E-state index < -0.39 is 0 Å². The maximum atomic E-state index is 6.09. The SMILES string of the molecule is CCOc1c(-c2csc(CN)n2)cc(C(C)(C)C)cc1C(C)(C)C. The van der Waals surface area contributed by atoms with E-state index >= 15 is 0 Å². The van der Waals surface area contributed by atoms with Crippen molar-refractivity contribution in [2.45, 2.75) is 65.8 Å². The summed E-state index contributed by atoms with van der Waals surface area (Å²) in [6.45, 7) is 16.6. The Morgan fingerprint density at radius 2 is 1.75 bits per heavy atom. The minimum absolute atomic E-state index is 0.00671. The number of nitrogens with zero attached hydrogens (tertiary/aromatic N) is 1. The second kappa shape index (κ2) is 6.85. The van der Waals surface area contributed by atoms with Crippen molar-refractivity contribution < 1.29 is 4.74 Å². The van der Waals surface area contributed by atoms with Gasteiger partial charge in [-0.1, -0.05) is 47.6 Å². The van der Waals surface area contributed by atoms with Gasteiger partial charge in [0.1, 0.15) is 10.8 Å². The van der Waals surface area contributed by atoms with E-state index in [1.54, 1.807) is 11.3 Å². The first-order valence-corrected chi connectivity index (χ1v) is 9.42. The number of rotatable bonds is 4. The van der Waals surface area contributed by atoms with Crippen molar-refractivity contribution in [2.24, 2.45) is 5.73 Å². The molecule has 0 radical (unpaired) electrons. The zero-order chi connectivity index (χ0) is 18.1. The average molecular weight is 347 g/mol. The second-order valence-electron chi connectivity index (χ2n) is 8.16. The Bertz CT molecular complexity index is 705. The molecule has 0 aliphatic heterocycles. The number of nitrogens with two attached hydrogens (primary N) is 1. The van der Waals surface area contributed by atoms with Gasteiger partial charge in [-0.25, -0.2) is 4.98 Å². The largest absolute Gasteiger partial charge is 0.493 e. The van der Waals surface area contributed by atoms with Crippen LogP contribution >= 0.6 is 11.3 Å². The fourth-order valence-corrected chi connectivity index (χ4v) is 3.31. The fourth-order valence-electron chi connectivity index (χ4n) is 2.64. The zero-order valence-corrected chi connectivity index (χ0v) is 16.8. The van der Waals surface area contributed by atoms with Gasteiger partial charge in [-0.3, -0.25) is 0 Å². The summed E-state index contributed by atoms with van der Waals surface area (Å²) < 4.78 is 6.09. The molecular weight excluding hydrogens is 316 g/mol.